The number of ether oxygens (including phenoxy) is 1. The number of piperidine rings is 1. The molecule has 2 bridgehead atoms. The van der Waals surface area contributed by atoms with Gasteiger partial charge in [-0.3, -0.25) is 9.59 Å². The highest BCUT2D eigenvalue weighted by Crippen LogP contribution is 2.35. The second kappa shape index (κ2) is 8.89. The van der Waals surface area contributed by atoms with Crippen molar-refractivity contribution in [3.05, 3.63) is 58.3 Å². The highest BCUT2D eigenvalue weighted by molar-refractivity contribution is 5.99. The van der Waals surface area contributed by atoms with E-state index in [1.54, 1.807) is 23.8 Å². The lowest BCUT2D eigenvalue weighted by molar-refractivity contribution is -0.134. The van der Waals surface area contributed by atoms with Gasteiger partial charge in [-0.1, -0.05) is 6.07 Å². The van der Waals surface area contributed by atoms with Gasteiger partial charge in [0.2, 0.25) is 5.91 Å². The zero-order valence-corrected chi connectivity index (χ0v) is 17.3. The van der Waals surface area contributed by atoms with E-state index < -0.39 is 11.8 Å². The number of methoxy groups -OCH3 is 1. The summed E-state index contributed by atoms with van der Waals surface area (Å²) in [5.74, 6) is -0.124. The maximum absolute atomic E-state index is 13.3. The molecule has 2 aromatic rings. The molecule has 1 aromatic heterocycles. The van der Waals surface area contributed by atoms with Crippen molar-refractivity contribution in [3.63, 3.8) is 0 Å². The van der Waals surface area contributed by atoms with Crippen LogP contribution in [0.3, 0.4) is 0 Å². The fraction of sp³-hybridized carbons (Fsp3) is 0.409. The average molecular weight is 428 g/mol. The molecular formula is C22H25FN4O4. The molecule has 2 N–H and O–H groups in total. The van der Waals surface area contributed by atoms with Crippen molar-refractivity contribution < 1.29 is 18.7 Å². The van der Waals surface area contributed by atoms with E-state index in [0.717, 1.165) is 12.1 Å². The number of fused-ring (bicyclic) bond motifs is 4. The minimum atomic E-state index is -0.617. The van der Waals surface area contributed by atoms with Crippen molar-refractivity contribution in [2.24, 2.45) is 5.92 Å². The van der Waals surface area contributed by atoms with Gasteiger partial charge >= 0.3 is 6.03 Å². The molecule has 3 heterocycles. The molecule has 0 spiro atoms. The Balaban J connectivity index is 1.48. The number of likely N-dealkylation sites (tertiary alicyclic amines) is 1. The number of pyridine rings is 1. The van der Waals surface area contributed by atoms with Gasteiger partial charge in [0.15, 0.2) is 0 Å². The fourth-order valence-corrected chi connectivity index (χ4v) is 4.44. The number of urea groups is 1. The molecule has 0 aliphatic carbocycles. The van der Waals surface area contributed by atoms with Crippen molar-refractivity contribution in [3.8, 4) is 0 Å². The van der Waals surface area contributed by atoms with Crippen LogP contribution in [-0.4, -0.2) is 48.2 Å². The Morgan fingerprint density at radius 3 is 2.77 bits per heavy atom. The number of nitrogens with one attached hydrogen (secondary N) is 2. The zero-order valence-electron chi connectivity index (χ0n) is 17.3. The number of aromatic nitrogens is 1. The maximum Gasteiger partial charge on any atom is 0.323 e. The van der Waals surface area contributed by atoms with Crippen LogP contribution in [0.1, 0.15) is 24.5 Å². The quantitative estimate of drug-likeness (QED) is 0.766. The molecule has 2 aliphatic rings. The molecule has 3 amide bonds. The van der Waals surface area contributed by atoms with E-state index in [9.17, 15) is 18.8 Å². The normalized spacial score (nSPS) is 19.5. The van der Waals surface area contributed by atoms with Crippen LogP contribution in [0.2, 0.25) is 0 Å². The van der Waals surface area contributed by atoms with Crippen LogP contribution in [0.15, 0.2) is 41.2 Å². The molecule has 2 atom stereocenters. The van der Waals surface area contributed by atoms with E-state index in [1.165, 1.54) is 18.2 Å². The molecule has 4 rings (SSSR count). The Bertz CT molecular complexity index is 1050. The predicted octanol–water partition coefficient (Wildman–Crippen LogP) is 2.61. The van der Waals surface area contributed by atoms with Crippen molar-refractivity contribution in [2.75, 3.05) is 37.4 Å². The van der Waals surface area contributed by atoms with E-state index in [2.05, 4.69) is 10.6 Å². The summed E-state index contributed by atoms with van der Waals surface area (Å²) >= 11 is 0. The summed E-state index contributed by atoms with van der Waals surface area (Å²) in [5.41, 5.74) is 1.05. The van der Waals surface area contributed by atoms with Crippen LogP contribution in [0.5, 0.6) is 0 Å². The highest BCUT2D eigenvalue weighted by atomic mass is 19.1. The van der Waals surface area contributed by atoms with Gasteiger partial charge in [-0.15, -0.1) is 0 Å². The minimum Gasteiger partial charge on any atom is -0.384 e. The van der Waals surface area contributed by atoms with Crippen molar-refractivity contribution in [1.29, 1.82) is 0 Å². The molecule has 9 heteroatoms. The summed E-state index contributed by atoms with van der Waals surface area (Å²) in [6.45, 7) is 2.08. The number of rotatable bonds is 5. The molecule has 1 saturated heterocycles. The van der Waals surface area contributed by atoms with E-state index in [-0.39, 0.29) is 29.0 Å². The van der Waals surface area contributed by atoms with Crippen LogP contribution >= 0.6 is 0 Å². The third kappa shape index (κ3) is 4.61. The van der Waals surface area contributed by atoms with E-state index >= 15 is 0 Å². The Hall–Kier alpha value is -3.20. The zero-order chi connectivity index (χ0) is 22.0. The Labute approximate surface area is 179 Å². The van der Waals surface area contributed by atoms with Gasteiger partial charge in [-0.25, -0.2) is 9.18 Å². The summed E-state index contributed by atoms with van der Waals surface area (Å²) in [5, 5.41) is 5.08. The largest absolute Gasteiger partial charge is 0.384 e. The molecule has 1 fully saturated rings. The third-order valence-electron chi connectivity index (χ3n) is 5.81. The Kier molecular flexibility index (Phi) is 6.03. The number of halogens is 1. The lowest BCUT2D eigenvalue weighted by Gasteiger charge is -2.43. The number of carbonyl (C=O) groups is 2. The smallest absolute Gasteiger partial charge is 0.323 e. The van der Waals surface area contributed by atoms with Gasteiger partial charge in [0.1, 0.15) is 11.5 Å². The Morgan fingerprint density at radius 1 is 1.16 bits per heavy atom. The first-order valence-electron chi connectivity index (χ1n) is 10.3. The highest BCUT2D eigenvalue weighted by Gasteiger charge is 2.36. The molecular weight excluding hydrogens is 403 g/mol. The van der Waals surface area contributed by atoms with Gasteiger partial charge in [0.25, 0.3) is 5.56 Å². The number of anilines is 2. The SMILES string of the molecule is COCCC(=O)N1C[C@@H]2C[C@H](C1)c1ccc(NC(=O)Nc3cccc(F)c3)c(=O)n1C2. The van der Waals surface area contributed by atoms with Gasteiger partial charge in [-0.05, 0) is 42.7 Å². The second-order valence-electron chi connectivity index (χ2n) is 8.02. The van der Waals surface area contributed by atoms with E-state index in [1.807, 2.05) is 11.0 Å². The van der Waals surface area contributed by atoms with Crippen LogP contribution < -0.4 is 16.2 Å². The number of nitrogens with zero attached hydrogens (tertiary/aromatic N) is 2. The molecule has 0 saturated carbocycles. The Morgan fingerprint density at radius 2 is 2.00 bits per heavy atom. The lowest BCUT2D eigenvalue weighted by Crippen LogP contribution is -2.49. The standard InChI is InChI=1S/C22H25FN4O4/c1-31-8-7-20(28)26-11-14-9-15(13-26)19-6-5-18(21(29)27(19)12-14)25-22(30)24-17-4-2-3-16(23)10-17/h2-6,10,14-15H,7-9,11-13H2,1H3,(H2,24,25,30)/t14-,15+/m0/s1. The predicted molar refractivity (Wildman–Crippen MR) is 114 cm³/mol. The second-order valence-corrected chi connectivity index (χ2v) is 8.02. The van der Waals surface area contributed by atoms with Gasteiger partial charge < -0.3 is 24.8 Å². The summed E-state index contributed by atoms with van der Waals surface area (Å²) in [6.07, 6.45) is 1.28. The number of amides is 3. The molecule has 0 radical (unpaired) electrons. The van der Waals surface area contributed by atoms with Crippen LogP contribution in [0.25, 0.3) is 0 Å². The van der Waals surface area contributed by atoms with Crippen LogP contribution in [0.4, 0.5) is 20.6 Å². The monoisotopic (exact) mass is 428 g/mol. The van der Waals surface area contributed by atoms with E-state index in [0.29, 0.717) is 38.3 Å². The summed E-state index contributed by atoms with van der Waals surface area (Å²) in [7, 11) is 1.57. The van der Waals surface area contributed by atoms with Gasteiger partial charge in [0.05, 0.1) is 13.0 Å². The fourth-order valence-electron chi connectivity index (χ4n) is 4.44. The number of carbonyl (C=O) groups excluding carboxylic acids is 2. The topological polar surface area (TPSA) is 92.7 Å². The molecule has 0 unspecified atom stereocenters. The van der Waals surface area contributed by atoms with Crippen molar-refractivity contribution in [1.82, 2.24) is 9.47 Å². The molecule has 31 heavy (non-hydrogen) atoms. The van der Waals surface area contributed by atoms with Gasteiger partial charge in [-0.2, -0.15) is 0 Å². The molecule has 164 valence electrons. The first-order valence-corrected chi connectivity index (χ1v) is 10.3. The van der Waals surface area contributed by atoms with Crippen LogP contribution in [0, 0.1) is 11.7 Å². The van der Waals surface area contributed by atoms with E-state index in [4.69, 9.17) is 4.74 Å². The minimum absolute atomic E-state index is 0.0691. The molecule has 2 aliphatic heterocycles. The first-order chi connectivity index (χ1) is 14.9. The number of hydrogen-bond acceptors (Lipinski definition) is 4. The summed E-state index contributed by atoms with van der Waals surface area (Å²) < 4.78 is 20.0. The van der Waals surface area contributed by atoms with Crippen LogP contribution in [-0.2, 0) is 16.1 Å². The van der Waals surface area contributed by atoms with Crippen molar-refractivity contribution in [2.45, 2.75) is 25.3 Å². The van der Waals surface area contributed by atoms with Gasteiger partial charge in [0, 0.05) is 44.0 Å². The average Bonchev–Trinajstić information content (AvgIpc) is 2.74. The lowest BCUT2D eigenvalue weighted by atomic mass is 9.83. The number of hydrogen-bond donors (Lipinski definition) is 2. The summed E-state index contributed by atoms with van der Waals surface area (Å²) in [6, 6.07) is 8.33. The third-order valence-corrected chi connectivity index (χ3v) is 5.81. The molecule has 1 aromatic carbocycles. The first kappa shape index (κ1) is 21.0. The maximum atomic E-state index is 13.3. The summed E-state index contributed by atoms with van der Waals surface area (Å²) in [4.78, 5) is 39.6. The molecule has 8 nitrogen and oxygen atoms in total. The number of benzene rings is 1. The van der Waals surface area contributed by atoms with Crippen molar-refractivity contribution >= 4 is 23.3 Å².